The molecule has 2 aromatic rings. The normalized spacial score (nSPS) is 18.0. The highest BCUT2D eigenvalue weighted by molar-refractivity contribution is 5.82. The second-order valence-corrected chi connectivity index (χ2v) is 6.62. The topological polar surface area (TPSA) is 70.1 Å². The molecule has 3 N–H and O–H groups in total. The lowest BCUT2D eigenvalue weighted by atomic mass is 9.98. The van der Waals surface area contributed by atoms with Crippen molar-refractivity contribution in [1.82, 2.24) is 15.5 Å². The van der Waals surface area contributed by atoms with E-state index in [0.29, 0.717) is 16.9 Å². The fourth-order valence-electron chi connectivity index (χ4n) is 3.25. The Hall–Kier alpha value is -2.35. The Morgan fingerprint density at radius 1 is 1.23 bits per heavy atom. The van der Waals surface area contributed by atoms with Gasteiger partial charge in [0.25, 0.3) is 0 Å². The molecule has 1 saturated heterocycles. The minimum absolute atomic E-state index is 0.183. The second kappa shape index (κ2) is 7.11. The molecule has 1 aliphatic heterocycles. The number of anilines is 1. The van der Waals surface area contributed by atoms with Crippen molar-refractivity contribution in [3.8, 4) is 17.0 Å². The van der Waals surface area contributed by atoms with Crippen molar-refractivity contribution in [1.29, 1.82) is 0 Å². The molecule has 0 aliphatic carbocycles. The van der Waals surface area contributed by atoms with Gasteiger partial charge in [-0.1, -0.05) is 0 Å². The van der Waals surface area contributed by atoms with E-state index >= 15 is 0 Å². The number of alkyl halides is 3. The van der Waals surface area contributed by atoms with E-state index in [1.807, 2.05) is 6.92 Å². The number of aromatic hydroxyl groups is 1. The highest BCUT2D eigenvalue weighted by Crippen LogP contribution is 2.41. The molecule has 0 radical (unpaired) electrons. The second-order valence-electron chi connectivity index (χ2n) is 6.62. The van der Waals surface area contributed by atoms with Gasteiger partial charge in [0.15, 0.2) is 0 Å². The van der Waals surface area contributed by atoms with Crippen LogP contribution in [0.1, 0.15) is 29.5 Å². The molecular formula is C18H21F3N4O. The lowest BCUT2D eigenvalue weighted by Gasteiger charge is -2.26. The van der Waals surface area contributed by atoms with Crippen LogP contribution in [0.4, 0.5) is 18.9 Å². The van der Waals surface area contributed by atoms with Crippen LogP contribution in [-0.4, -0.2) is 34.4 Å². The lowest BCUT2D eigenvalue weighted by Crippen LogP contribution is -2.38. The molecule has 5 nitrogen and oxygen atoms in total. The van der Waals surface area contributed by atoms with Gasteiger partial charge in [0.1, 0.15) is 11.4 Å². The summed E-state index contributed by atoms with van der Waals surface area (Å²) in [5.74, 6) is -0.456. The van der Waals surface area contributed by atoms with Gasteiger partial charge in [-0.3, -0.25) is 0 Å². The average Bonchev–Trinajstić information content (AvgIpc) is 2.57. The molecular weight excluding hydrogens is 345 g/mol. The van der Waals surface area contributed by atoms with Crippen LogP contribution in [-0.2, 0) is 6.18 Å². The fraction of sp³-hybridized carbons (Fsp3) is 0.444. The zero-order valence-electron chi connectivity index (χ0n) is 14.6. The number of benzene rings is 1. The molecule has 1 atom stereocenters. The standard InChI is InChI=1S/C18H21F3N4O/c1-10-6-12(18(19,20)21)7-14(26)15(10)17-16(11(2)8-23-25-17)24-13-4-3-5-22-9-13/h6-8,13,22,26H,3-5,9H2,1-2H3,(H,23,24)/t13-/m0/s1. The summed E-state index contributed by atoms with van der Waals surface area (Å²) >= 11 is 0. The summed E-state index contributed by atoms with van der Waals surface area (Å²) in [6.45, 7) is 5.14. The zero-order valence-corrected chi connectivity index (χ0v) is 14.6. The third-order valence-electron chi connectivity index (χ3n) is 4.56. The van der Waals surface area contributed by atoms with Crippen molar-refractivity contribution < 1.29 is 18.3 Å². The Balaban J connectivity index is 2.05. The van der Waals surface area contributed by atoms with Crippen molar-refractivity contribution in [2.45, 2.75) is 38.9 Å². The van der Waals surface area contributed by atoms with E-state index < -0.39 is 17.5 Å². The van der Waals surface area contributed by atoms with Gasteiger partial charge in [0, 0.05) is 18.2 Å². The van der Waals surface area contributed by atoms with E-state index in [1.54, 1.807) is 6.20 Å². The quantitative estimate of drug-likeness (QED) is 0.774. The van der Waals surface area contributed by atoms with E-state index in [9.17, 15) is 18.3 Å². The van der Waals surface area contributed by atoms with Crippen molar-refractivity contribution >= 4 is 5.69 Å². The molecule has 8 heteroatoms. The number of hydrogen-bond donors (Lipinski definition) is 3. The fourth-order valence-corrected chi connectivity index (χ4v) is 3.25. The molecule has 1 fully saturated rings. The summed E-state index contributed by atoms with van der Waals surface area (Å²) in [7, 11) is 0. The minimum Gasteiger partial charge on any atom is -0.507 e. The van der Waals surface area contributed by atoms with Crippen LogP contribution in [0, 0.1) is 13.8 Å². The monoisotopic (exact) mass is 366 g/mol. The van der Waals surface area contributed by atoms with Crippen LogP contribution in [0.5, 0.6) is 5.75 Å². The summed E-state index contributed by atoms with van der Waals surface area (Å²) in [5, 5.41) is 25.1. The van der Waals surface area contributed by atoms with Gasteiger partial charge in [0.2, 0.25) is 0 Å². The molecule has 0 saturated carbocycles. The number of phenols is 1. The Bertz CT molecular complexity index is 779. The van der Waals surface area contributed by atoms with E-state index in [4.69, 9.17) is 0 Å². The van der Waals surface area contributed by atoms with Crippen molar-refractivity contribution in [2.24, 2.45) is 0 Å². The molecule has 0 amide bonds. The number of nitrogens with zero attached hydrogens (tertiary/aromatic N) is 2. The Kier molecular flexibility index (Phi) is 5.04. The number of aryl methyl sites for hydroxylation is 2. The third kappa shape index (κ3) is 3.75. The Morgan fingerprint density at radius 3 is 2.62 bits per heavy atom. The highest BCUT2D eigenvalue weighted by atomic mass is 19.4. The van der Waals surface area contributed by atoms with Crippen LogP contribution >= 0.6 is 0 Å². The van der Waals surface area contributed by atoms with Crippen LogP contribution in [0.25, 0.3) is 11.3 Å². The van der Waals surface area contributed by atoms with E-state index in [-0.39, 0.29) is 11.6 Å². The molecule has 3 rings (SSSR count). The number of piperidine rings is 1. The van der Waals surface area contributed by atoms with Crippen LogP contribution < -0.4 is 10.6 Å². The molecule has 0 unspecified atom stereocenters. The number of nitrogens with one attached hydrogen (secondary N) is 2. The molecule has 140 valence electrons. The van der Waals surface area contributed by atoms with Crippen LogP contribution in [0.15, 0.2) is 18.3 Å². The molecule has 0 bridgehead atoms. The summed E-state index contributed by atoms with van der Waals surface area (Å²) in [4.78, 5) is 0. The van der Waals surface area contributed by atoms with Crippen LogP contribution in [0.2, 0.25) is 0 Å². The number of rotatable bonds is 3. The molecule has 26 heavy (non-hydrogen) atoms. The highest BCUT2D eigenvalue weighted by Gasteiger charge is 2.32. The van der Waals surface area contributed by atoms with E-state index in [2.05, 4.69) is 20.8 Å². The first-order chi connectivity index (χ1) is 12.3. The lowest BCUT2D eigenvalue weighted by molar-refractivity contribution is -0.137. The third-order valence-corrected chi connectivity index (χ3v) is 4.56. The summed E-state index contributed by atoms with van der Waals surface area (Å²) < 4.78 is 38.9. The number of hydrogen-bond acceptors (Lipinski definition) is 5. The number of halogens is 3. The van der Waals surface area contributed by atoms with Gasteiger partial charge < -0.3 is 15.7 Å². The molecule has 0 spiro atoms. The average molecular weight is 366 g/mol. The maximum Gasteiger partial charge on any atom is 0.416 e. The van der Waals surface area contributed by atoms with Crippen molar-refractivity contribution in [2.75, 3.05) is 18.4 Å². The first-order valence-electron chi connectivity index (χ1n) is 8.48. The predicted molar refractivity (Wildman–Crippen MR) is 93.1 cm³/mol. The Labute approximate surface area is 149 Å². The molecule has 1 aliphatic rings. The largest absolute Gasteiger partial charge is 0.507 e. The number of aromatic nitrogens is 2. The van der Waals surface area contributed by atoms with Gasteiger partial charge in [-0.25, -0.2) is 0 Å². The van der Waals surface area contributed by atoms with E-state index in [0.717, 1.165) is 43.6 Å². The predicted octanol–water partition coefficient (Wildman–Crippen LogP) is 3.65. The summed E-state index contributed by atoms with van der Waals surface area (Å²) in [5.41, 5.74) is 1.54. The SMILES string of the molecule is Cc1cnnc(-c2c(C)cc(C(F)(F)F)cc2O)c1N[C@H]1CCCNC1. The first-order valence-corrected chi connectivity index (χ1v) is 8.48. The van der Waals surface area contributed by atoms with Crippen molar-refractivity contribution in [3.05, 3.63) is 35.0 Å². The Morgan fingerprint density at radius 2 is 2.00 bits per heavy atom. The first kappa shape index (κ1) is 18.4. The maximum atomic E-state index is 13.0. The zero-order chi connectivity index (χ0) is 18.9. The van der Waals surface area contributed by atoms with Gasteiger partial charge >= 0.3 is 6.18 Å². The molecule has 1 aromatic heterocycles. The van der Waals surface area contributed by atoms with Gasteiger partial charge in [0.05, 0.1) is 17.4 Å². The summed E-state index contributed by atoms with van der Waals surface area (Å²) in [6.07, 6.45) is -0.909. The van der Waals surface area contributed by atoms with E-state index in [1.165, 1.54) is 6.92 Å². The number of phenolic OH excluding ortho intramolecular Hbond substituents is 1. The maximum absolute atomic E-state index is 13.0. The van der Waals surface area contributed by atoms with Gasteiger partial charge in [-0.15, -0.1) is 5.10 Å². The molecule has 1 aromatic carbocycles. The van der Waals surface area contributed by atoms with Gasteiger partial charge in [-0.05, 0) is 56.5 Å². The molecule has 2 heterocycles. The van der Waals surface area contributed by atoms with Gasteiger partial charge in [-0.2, -0.15) is 18.3 Å². The smallest absolute Gasteiger partial charge is 0.416 e. The van der Waals surface area contributed by atoms with Crippen LogP contribution in [0.3, 0.4) is 0 Å². The summed E-state index contributed by atoms with van der Waals surface area (Å²) in [6, 6.07) is 1.94. The minimum atomic E-state index is -4.52. The van der Waals surface area contributed by atoms with Crippen molar-refractivity contribution in [3.63, 3.8) is 0 Å².